The molecule has 0 bridgehead atoms. The molecule has 0 radical (unpaired) electrons. The second kappa shape index (κ2) is 7.48. The third-order valence-corrected chi connectivity index (χ3v) is 4.25. The molecule has 1 aromatic rings. The van der Waals surface area contributed by atoms with Crippen molar-refractivity contribution < 1.29 is 9.47 Å². The van der Waals surface area contributed by atoms with Crippen LogP contribution in [0.15, 0.2) is 0 Å². The normalized spacial score (nSPS) is 20.1. The summed E-state index contributed by atoms with van der Waals surface area (Å²) in [5, 5.41) is 3.28. The molecule has 2 rings (SSSR count). The van der Waals surface area contributed by atoms with Crippen molar-refractivity contribution in [1.82, 2.24) is 14.9 Å². The minimum absolute atomic E-state index is 0.0706. The topological polar surface area (TPSA) is 59.5 Å². The van der Waals surface area contributed by atoms with E-state index in [0.717, 1.165) is 40.5 Å². The fourth-order valence-electron chi connectivity index (χ4n) is 2.11. The Morgan fingerprint density at radius 3 is 2.95 bits per heavy atom. The van der Waals surface area contributed by atoms with Crippen LogP contribution in [0.25, 0.3) is 0 Å². The van der Waals surface area contributed by atoms with Gasteiger partial charge >= 0.3 is 0 Å². The molecule has 0 amide bonds. The summed E-state index contributed by atoms with van der Waals surface area (Å²) in [5.74, 6) is 1.60. The first kappa shape index (κ1) is 15.9. The highest BCUT2D eigenvalue weighted by Gasteiger charge is 2.24. The van der Waals surface area contributed by atoms with Gasteiger partial charge in [-0.1, -0.05) is 0 Å². The fraction of sp³-hybridized carbons (Fsp3) is 0.692. The molecule has 1 aliphatic rings. The van der Waals surface area contributed by atoms with Crippen LogP contribution in [0.2, 0.25) is 0 Å². The van der Waals surface area contributed by atoms with E-state index in [-0.39, 0.29) is 6.10 Å². The Bertz CT molecular complexity index is 431. The van der Waals surface area contributed by atoms with Crippen molar-refractivity contribution in [3.8, 4) is 0 Å². The number of anilines is 1. The average Bonchev–Trinajstić information content (AvgIpc) is 2.43. The number of nitrogens with one attached hydrogen (secondary N) is 1. The highest BCUT2D eigenvalue weighted by Crippen LogP contribution is 2.25. The summed E-state index contributed by atoms with van der Waals surface area (Å²) in [6.45, 7) is 5.84. The molecule has 7 heteroatoms. The molecule has 0 aromatic carbocycles. The van der Waals surface area contributed by atoms with E-state index in [4.69, 9.17) is 9.47 Å². The van der Waals surface area contributed by atoms with E-state index in [1.165, 1.54) is 0 Å². The smallest absolute Gasteiger partial charge is 0.161 e. The van der Waals surface area contributed by atoms with Crippen LogP contribution in [-0.2, 0) is 16.1 Å². The number of aromatic nitrogens is 2. The zero-order valence-electron chi connectivity index (χ0n) is 12.1. The Hall–Kier alpha value is -0.510. The molecule has 6 nitrogen and oxygen atoms in total. The van der Waals surface area contributed by atoms with Gasteiger partial charge in [-0.3, -0.25) is 0 Å². The second-order valence-electron chi connectivity index (χ2n) is 4.78. The molecule has 1 aromatic heterocycles. The van der Waals surface area contributed by atoms with Crippen molar-refractivity contribution >= 4 is 28.4 Å². The van der Waals surface area contributed by atoms with Gasteiger partial charge in [0.05, 0.1) is 22.5 Å². The predicted octanol–water partition coefficient (Wildman–Crippen LogP) is 1.66. The summed E-state index contributed by atoms with van der Waals surface area (Å²) in [5.41, 5.74) is 0.908. The molecule has 2 heterocycles. The Kier molecular flexibility index (Phi) is 5.94. The van der Waals surface area contributed by atoms with Crippen molar-refractivity contribution in [2.75, 3.05) is 45.7 Å². The van der Waals surface area contributed by atoms with Gasteiger partial charge in [0.2, 0.25) is 0 Å². The Labute approximate surface area is 133 Å². The highest BCUT2D eigenvalue weighted by molar-refractivity contribution is 14.1. The van der Waals surface area contributed by atoms with Gasteiger partial charge in [-0.2, -0.15) is 0 Å². The minimum Gasteiger partial charge on any atom is -0.378 e. The van der Waals surface area contributed by atoms with E-state index in [9.17, 15) is 0 Å². The van der Waals surface area contributed by atoms with Gasteiger partial charge in [-0.05, 0) is 36.6 Å². The van der Waals surface area contributed by atoms with Crippen LogP contribution in [0.1, 0.15) is 24.5 Å². The maximum Gasteiger partial charge on any atom is 0.161 e. The van der Waals surface area contributed by atoms with E-state index >= 15 is 0 Å². The molecule has 0 spiro atoms. The first-order valence-electron chi connectivity index (χ1n) is 6.75. The molecule has 1 saturated heterocycles. The number of likely N-dealkylation sites (N-methyl/N-ethyl adjacent to an activating group) is 1. The zero-order valence-corrected chi connectivity index (χ0v) is 14.3. The van der Waals surface area contributed by atoms with Crippen LogP contribution < -0.4 is 5.32 Å². The van der Waals surface area contributed by atoms with Crippen LogP contribution in [0.4, 0.5) is 5.82 Å². The zero-order chi connectivity index (χ0) is 14.5. The summed E-state index contributed by atoms with van der Waals surface area (Å²) < 4.78 is 12.0. The Morgan fingerprint density at radius 2 is 2.30 bits per heavy atom. The lowest BCUT2D eigenvalue weighted by Crippen LogP contribution is -2.36. The number of nitrogens with zero attached hydrogens (tertiary/aromatic N) is 3. The summed E-state index contributed by atoms with van der Waals surface area (Å²) in [6, 6.07) is 0. The SMILES string of the molecule is CCNc1nc(C2CN(C)CCO2)nc(COC)c1I. The minimum atomic E-state index is -0.0706. The number of halogens is 1. The quantitative estimate of drug-likeness (QED) is 0.770. The lowest BCUT2D eigenvalue weighted by molar-refractivity contribution is -0.0256. The number of methoxy groups -OCH3 is 1. The van der Waals surface area contributed by atoms with Gasteiger partial charge in [-0.25, -0.2) is 9.97 Å². The molecular weight excluding hydrogens is 371 g/mol. The molecule has 1 unspecified atom stereocenters. The summed E-state index contributed by atoms with van der Waals surface area (Å²) >= 11 is 2.26. The van der Waals surface area contributed by atoms with E-state index < -0.39 is 0 Å². The van der Waals surface area contributed by atoms with E-state index in [0.29, 0.717) is 13.2 Å². The number of morpholine rings is 1. The van der Waals surface area contributed by atoms with Crippen molar-refractivity contribution in [2.45, 2.75) is 19.6 Å². The van der Waals surface area contributed by atoms with Gasteiger partial charge in [0.25, 0.3) is 0 Å². The molecule has 1 atom stereocenters. The molecule has 20 heavy (non-hydrogen) atoms. The van der Waals surface area contributed by atoms with Gasteiger partial charge in [0, 0.05) is 26.7 Å². The average molecular weight is 392 g/mol. The van der Waals surface area contributed by atoms with Gasteiger partial charge < -0.3 is 19.7 Å². The maximum absolute atomic E-state index is 5.80. The first-order chi connectivity index (χ1) is 9.65. The third kappa shape index (κ3) is 3.78. The monoisotopic (exact) mass is 392 g/mol. The lowest BCUT2D eigenvalue weighted by Gasteiger charge is -2.29. The fourth-order valence-corrected chi connectivity index (χ4v) is 2.70. The largest absolute Gasteiger partial charge is 0.378 e. The number of hydrogen-bond donors (Lipinski definition) is 1. The third-order valence-electron chi connectivity index (χ3n) is 3.12. The Balaban J connectivity index is 2.31. The molecule has 0 saturated carbocycles. The second-order valence-corrected chi connectivity index (χ2v) is 5.85. The molecular formula is C13H21IN4O2. The number of ether oxygens (including phenoxy) is 2. The predicted molar refractivity (Wildman–Crippen MR) is 85.8 cm³/mol. The van der Waals surface area contributed by atoms with Crippen LogP contribution in [0.5, 0.6) is 0 Å². The molecule has 1 aliphatic heterocycles. The van der Waals surface area contributed by atoms with Gasteiger partial charge in [0.15, 0.2) is 5.82 Å². The van der Waals surface area contributed by atoms with E-state index in [1.54, 1.807) is 7.11 Å². The number of rotatable bonds is 5. The van der Waals surface area contributed by atoms with Crippen LogP contribution in [0.3, 0.4) is 0 Å². The Morgan fingerprint density at radius 1 is 1.50 bits per heavy atom. The van der Waals surface area contributed by atoms with Gasteiger partial charge in [-0.15, -0.1) is 0 Å². The molecule has 0 aliphatic carbocycles. The lowest BCUT2D eigenvalue weighted by atomic mass is 10.2. The van der Waals surface area contributed by atoms with Crippen molar-refractivity contribution in [1.29, 1.82) is 0 Å². The maximum atomic E-state index is 5.80. The van der Waals surface area contributed by atoms with Crippen LogP contribution in [0, 0.1) is 3.57 Å². The first-order valence-corrected chi connectivity index (χ1v) is 7.82. The molecule has 1 N–H and O–H groups in total. The van der Waals surface area contributed by atoms with Crippen molar-refractivity contribution in [3.05, 3.63) is 15.1 Å². The summed E-state index contributed by atoms with van der Waals surface area (Å²) in [7, 11) is 3.76. The van der Waals surface area contributed by atoms with Crippen LogP contribution in [-0.4, -0.2) is 55.3 Å². The molecule has 1 fully saturated rings. The van der Waals surface area contributed by atoms with Crippen molar-refractivity contribution in [3.63, 3.8) is 0 Å². The standard InChI is InChI=1S/C13H21IN4O2/c1-4-15-13-11(14)9(8-19-3)16-12(17-13)10-7-18(2)5-6-20-10/h10H,4-8H2,1-3H3,(H,15,16,17). The number of hydrogen-bond acceptors (Lipinski definition) is 6. The van der Waals surface area contributed by atoms with Crippen molar-refractivity contribution in [2.24, 2.45) is 0 Å². The van der Waals surface area contributed by atoms with Gasteiger partial charge in [0.1, 0.15) is 11.9 Å². The van der Waals surface area contributed by atoms with E-state index in [1.807, 2.05) is 0 Å². The van der Waals surface area contributed by atoms with E-state index in [2.05, 4.69) is 56.7 Å². The molecule has 112 valence electrons. The summed E-state index contributed by atoms with van der Waals surface area (Å²) in [4.78, 5) is 11.5. The highest BCUT2D eigenvalue weighted by atomic mass is 127. The van der Waals surface area contributed by atoms with Crippen LogP contribution >= 0.6 is 22.6 Å². The summed E-state index contributed by atoms with van der Waals surface area (Å²) in [6.07, 6.45) is -0.0706.